The summed E-state index contributed by atoms with van der Waals surface area (Å²) in [4.78, 5) is 0. The molecule has 0 spiro atoms. The van der Waals surface area contributed by atoms with E-state index in [9.17, 15) is 5.11 Å². The second-order valence-corrected chi connectivity index (χ2v) is 5.71. The molecule has 0 aromatic heterocycles. The summed E-state index contributed by atoms with van der Waals surface area (Å²) in [6.45, 7) is 3.63. The molecule has 17 heavy (non-hydrogen) atoms. The summed E-state index contributed by atoms with van der Waals surface area (Å²) in [5.41, 5.74) is 0. The fourth-order valence-electron chi connectivity index (χ4n) is 3.53. The van der Waals surface area contributed by atoms with E-state index >= 15 is 0 Å². The molecule has 0 radical (unpaired) electrons. The van der Waals surface area contributed by atoms with Crippen LogP contribution in [0.1, 0.15) is 51.9 Å². The summed E-state index contributed by atoms with van der Waals surface area (Å²) in [6.07, 6.45) is 9.10. The Balaban J connectivity index is 1.91. The third-order valence-electron chi connectivity index (χ3n) is 4.60. The lowest BCUT2D eigenvalue weighted by molar-refractivity contribution is 0.166. The van der Waals surface area contributed by atoms with Crippen molar-refractivity contribution in [1.29, 1.82) is 0 Å². The quantitative estimate of drug-likeness (QED) is 0.685. The van der Waals surface area contributed by atoms with Gasteiger partial charge in [-0.1, -0.05) is 19.8 Å². The third kappa shape index (κ3) is 3.43. The average molecular weight is 240 g/mol. The molecule has 100 valence electrons. The zero-order chi connectivity index (χ0) is 12.1. The highest BCUT2D eigenvalue weighted by atomic mass is 16.3. The molecule has 1 aliphatic heterocycles. The molecule has 3 heteroatoms. The first-order chi connectivity index (χ1) is 8.35. The average Bonchev–Trinajstić information content (AvgIpc) is 2.90. The molecule has 2 rings (SSSR count). The van der Waals surface area contributed by atoms with Gasteiger partial charge in [-0.2, -0.15) is 0 Å². The summed E-state index contributed by atoms with van der Waals surface area (Å²) < 4.78 is 0. The second-order valence-electron chi connectivity index (χ2n) is 5.71. The molecule has 2 fully saturated rings. The van der Waals surface area contributed by atoms with Gasteiger partial charge in [-0.15, -0.1) is 0 Å². The smallest absolute Gasteiger partial charge is 0.0584 e. The lowest BCUT2D eigenvalue weighted by atomic mass is 9.79. The first-order valence-corrected chi connectivity index (χ1v) is 7.45. The van der Waals surface area contributed by atoms with Crippen molar-refractivity contribution in [2.24, 2.45) is 5.92 Å². The molecule has 1 heterocycles. The van der Waals surface area contributed by atoms with E-state index in [4.69, 9.17) is 0 Å². The maximum absolute atomic E-state index is 9.33. The molecule has 2 aliphatic rings. The van der Waals surface area contributed by atoms with Gasteiger partial charge in [0.05, 0.1) is 6.61 Å². The Hall–Kier alpha value is -0.120. The predicted molar refractivity (Wildman–Crippen MR) is 71.1 cm³/mol. The van der Waals surface area contributed by atoms with Gasteiger partial charge in [-0.25, -0.2) is 0 Å². The summed E-state index contributed by atoms with van der Waals surface area (Å²) in [7, 11) is 0. The molecule has 0 bridgehead atoms. The maximum Gasteiger partial charge on any atom is 0.0584 e. The minimum atomic E-state index is 0.276. The van der Waals surface area contributed by atoms with Gasteiger partial charge < -0.3 is 15.7 Å². The maximum atomic E-state index is 9.33. The van der Waals surface area contributed by atoms with Crippen LogP contribution in [0.15, 0.2) is 0 Å². The van der Waals surface area contributed by atoms with Gasteiger partial charge in [0.15, 0.2) is 0 Å². The predicted octanol–water partition coefficient (Wildman–Crippen LogP) is 1.66. The van der Waals surface area contributed by atoms with E-state index in [2.05, 4.69) is 17.6 Å². The fraction of sp³-hybridized carbons (Fsp3) is 1.00. The number of aliphatic hydroxyl groups is 1. The van der Waals surface area contributed by atoms with Crippen molar-refractivity contribution in [3.8, 4) is 0 Å². The minimum Gasteiger partial charge on any atom is -0.395 e. The summed E-state index contributed by atoms with van der Waals surface area (Å²) in [5, 5.41) is 16.7. The van der Waals surface area contributed by atoms with E-state index in [1.54, 1.807) is 0 Å². The Kier molecular flexibility index (Phi) is 5.26. The van der Waals surface area contributed by atoms with Crippen molar-refractivity contribution >= 4 is 0 Å². The topological polar surface area (TPSA) is 44.3 Å². The molecule has 1 saturated carbocycles. The van der Waals surface area contributed by atoms with Crippen molar-refractivity contribution in [3.05, 3.63) is 0 Å². The van der Waals surface area contributed by atoms with E-state index in [-0.39, 0.29) is 6.61 Å². The SMILES string of the molecule is CC[C@@H](CO)NC1CCCCC1C1CCCN1. The van der Waals surface area contributed by atoms with Gasteiger partial charge in [-0.05, 0) is 44.6 Å². The van der Waals surface area contributed by atoms with Crippen LogP contribution in [0.3, 0.4) is 0 Å². The standard InChI is InChI=1S/C14H28N2O/c1-2-11(10-17)16-14-7-4-3-6-12(14)13-8-5-9-15-13/h11-17H,2-10H2,1H3/t11-,12?,13?,14?/m0/s1. The largest absolute Gasteiger partial charge is 0.395 e. The molecule has 4 atom stereocenters. The monoisotopic (exact) mass is 240 g/mol. The lowest BCUT2D eigenvalue weighted by Crippen LogP contribution is -2.50. The van der Waals surface area contributed by atoms with Crippen molar-refractivity contribution < 1.29 is 5.11 Å². The van der Waals surface area contributed by atoms with Gasteiger partial charge in [0.2, 0.25) is 0 Å². The Morgan fingerprint density at radius 3 is 2.71 bits per heavy atom. The Labute approximate surface area is 105 Å². The van der Waals surface area contributed by atoms with Crippen LogP contribution in [0.5, 0.6) is 0 Å². The Bertz CT molecular complexity index is 212. The second kappa shape index (κ2) is 6.72. The van der Waals surface area contributed by atoms with Crippen molar-refractivity contribution in [3.63, 3.8) is 0 Å². The van der Waals surface area contributed by atoms with Crippen molar-refractivity contribution in [1.82, 2.24) is 10.6 Å². The number of rotatable bonds is 5. The number of hydrogen-bond donors (Lipinski definition) is 3. The van der Waals surface area contributed by atoms with Gasteiger partial charge >= 0.3 is 0 Å². The molecule has 1 saturated heterocycles. The van der Waals surface area contributed by atoms with Crippen LogP contribution in [0.25, 0.3) is 0 Å². The summed E-state index contributed by atoms with van der Waals surface area (Å²) in [6, 6.07) is 1.64. The van der Waals surface area contributed by atoms with Crippen LogP contribution in [-0.4, -0.2) is 36.4 Å². The molecule has 0 aromatic carbocycles. The van der Waals surface area contributed by atoms with E-state index in [1.165, 1.54) is 45.1 Å². The zero-order valence-corrected chi connectivity index (χ0v) is 11.1. The van der Waals surface area contributed by atoms with Crippen LogP contribution in [0, 0.1) is 5.92 Å². The number of nitrogens with one attached hydrogen (secondary N) is 2. The van der Waals surface area contributed by atoms with Gasteiger partial charge in [0.1, 0.15) is 0 Å². The molecule has 3 nitrogen and oxygen atoms in total. The van der Waals surface area contributed by atoms with Crippen LogP contribution >= 0.6 is 0 Å². The van der Waals surface area contributed by atoms with Crippen LogP contribution < -0.4 is 10.6 Å². The van der Waals surface area contributed by atoms with E-state index in [0.717, 1.165) is 18.4 Å². The summed E-state index contributed by atoms with van der Waals surface area (Å²) >= 11 is 0. The van der Waals surface area contributed by atoms with Crippen LogP contribution in [0.2, 0.25) is 0 Å². The Morgan fingerprint density at radius 2 is 2.06 bits per heavy atom. The van der Waals surface area contributed by atoms with Crippen molar-refractivity contribution in [2.75, 3.05) is 13.2 Å². The van der Waals surface area contributed by atoms with E-state index in [1.807, 2.05) is 0 Å². The van der Waals surface area contributed by atoms with E-state index < -0.39 is 0 Å². The first kappa shape index (κ1) is 13.3. The minimum absolute atomic E-state index is 0.276. The molecule has 3 unspecified atom stereocenters. The third-order valence-corrected chi connectivity index (χ3v) is 4.60. The molecular formula is C14H28N2O. The number of hydrogen-bond acceptors (Lipinski definition) is 3. The molecule has 0 aromatic rings. The molecule has 1 aliphatic carbocycles. The first-order valence-electron chi connectivity index (χ1n) is 7.45. The highest BCUT2D eigenvalue weighted by Crippen LogP contribution is 2.30. The normalized spacial score (nSPS) is 36.0. The molecule has 3 N–H and O–H groups in total. The highest BCUT2D eigenvalue weighted by molar-refractivity contribution is 4.92. The summed E-state index contributed by atoms with van der Waals surface area (Å²) in [5.74, 6) is 0.784. The highest BCUT2D eigenvalue weighted by Gasteiger charge is 2.33. The van der Waals surface area contributed by atoms with E-state index in [0.29, 0.717) is 12.1 Å². The van der Waals surface area contributed by atoms with Crippen LogP contribution in [0.4, 0.5) is 0 Å². The lowest BCUT2D eigenvalue weighted by Gasteiger charge is -2.38. The van der Waals surface area contributed by atoms with Gasteiger partial charge in [0, 0.05) is 18.1 Å². The van der Waals surface area contributed by atoms with Crippen LogP contribution in [-0.2, 0) is 0 Å². The molecule has 0 amide bonds. The van der Waals surface area contributed by atoms with Gasteiger partial charge in [0.25, 0.3) is 0 Å². The molecular weight excluding hydrogens is 212 g/mol. The van der Waals surface area contributed by atoms with Crippen molar-refractivity contribution in [2.45, 2.75) is 70.0 Å². The zero-order valence-electron chi connectivity index (χ0n) is 11.1. The Morgan fingerprint density at radius 1 is 1.24 bits per heavy atom. The van der Waals surface area contributed by atoms with Gasteiger partial charge in [-0.3, -0.25) is 0 Å². The number of aliphatic hydroxyl groups excluding tert-OH is 1. The fourth-order valence-corrected chi connectivity index (χ4v) is 3.53.